The van der Waals surface area contributed by atoms with Gasteiger partial charge in [-0.3, -0.25) is 0 Å². The van der Waals surface area contributed by atoms with Crippen molar-refractivity contribution in [3.05, 3.63) is 0 Å². The molecule has 2 rings (SSSR count). The topological polar surface area (TPSA) is 15.3 Å². The van der Waals surface area contributed by atoms with Crippen molar-refractivity contribution in [3.8, 4) is 0 Å². The van der Waals surface area contributed by atoms with Gasteiger partial charge in [-0.25, -0.2) is 0 Å². The van der Waals surface area contributed by atoms with Gasteiger partial charge in [0.05, 0.1) is 0 Å². The molecule has 0 spiro atoms. The van der Waals surface area contributed by atoms with E-state index >= 15 is 0 Å². The van der Waals surface area contributed by atoms with Crippen LogP contribution in [0.15, 0.2) is 0 Å². The van der Waals surface area contributed by atoms with Crippen LogP contribution in [-0.2, 0) is 0 Å². The molecule has 2 unspecified atom stereocenters. The Bertz CT molecular complexity index is 271. The first-order valence-corrected chi connectivity index (χ1v) is 9.56. The van der Waals surface area contributed by atoms with Crippen molar-refractivity contribution < 1.29 is 0 Å². The van der Waals surface area contributed by atoms with Crippen molar-refractivity contribution in [2.45, 2.75) is 63.9 Å². The molecule has 0 bridgehead atoms. The maximum atomic E-state index is 3.65. The largest absolute Gasteiger partial charge is 0.316 e. The fraction of sp³-hybridized carbons (Fsp3) is 1.00. The summed E-state index contributed by atoms with van der Waals surface area (Å²) in [7, 11) is 0. The van der Waals surface area contributed by atoms with Crippen LogP contribution in [0.3, 0.4) is 0 Å². The van der Waals surface area contributed by atoms with Crippen molar-refractivity contribution >= 4 is 11.8 Å². The van der Waals surface area contributed by atoms with Gasteiger partial charge in [0.15, 0.2) is 0 Å². The highest BCUT2D eigenvalue weighted by molar-refractivity contribution is 8.00. The third kappa shape index (κ3) is 4.64. The summed E-state index contributed by atoms with van der Waals surface area (Å²) in [6.07, 6.45) is 5.71. The van der Waals surface area contributed by atoms with Gasteiger partial charge in [0.1, 0.15) is 0 Å². The van der Waals surface area contributed by atoms with Gasteiger partial charge in [-0.05, 0) is 30.7 Å². The van der Waals surface area contributed by atoms with Crippen molar-refractivity contribution in [3.63, 3.8) is 0 Å². The Hall–Kier alpha value is 0.270. The molecule has 118 valence electrons. The highest BCUT2D eigenvalue weighted by Crippen LogP contribution is 2.40. The van der Waals surface area contributed by atoms with E-state index < -0.39 is 0 Å². The molecule has 3 heteroatoms. The summed E-state index contributed by atoms with van der Waals surface area (Å²) >= 11 is 2.17. The second-order valence-electron chi connectivity index (χ2n) is 7.41. The average molecular weight is 299 g/mol. The minimum absolute atomic E-state index is 0.546. The minimum Gasteiger partial charge on any atom is -0.316 e. The Kier molecular flexibility index (Phi) is 6.25. The van der Waals surface area contributed by atoms with Gasteiger partial charge >= 0.3 is 0 Å². The van der Waals surface area contributed by atoms with Crippen LogP contribution in [0.25, 0.3) is 0 Å². The molecule has 0 aromatic carbocycles. The molecule has 20 heavy (non-hydrogen) atoms. The predicted octanol–water partition coefficient (Wildman–Crippen LogP) is 3.62. The van der Waals surface area contributed by atoms with E-state index in [0.717, 1.165) is 23.0 Å². The van der Waals surface area contributed by atoms with E-state index in [1.165, 1.54) is 51.9 Å². The van der Waals surface area contributed by atoms with Crippen LogP contribution in [0.2, 0.25) is 0 Å². The first kappa shape index (κ1) is 16.6. The van der Waals surface area contributed by atoms with Crippen molar-refractivity contribution in [1.29, 1.82) is 0 Å². The Labute approximate surface area is 130 Å². The van der Waals surface area contributed by atoms with Crippen molar-refractivity contribution in [1.82, 2.24) is 10.2 Å². The second-order valence-corrected chi connectivity index (χ2v) is 9.30. The summed E-state index contributed by atoms with van der Waals surface area (Å²) in [6, 6.07) is 0. The highest BCUT2D eigenvalue weighted by Gasteiger charge is 2.36. The van der Waals surface area contributed by atoms with Crippen molar-refractivity contribution in [2.75, 3.05) is 32.7 Å². The molecule has 1 aliphatic carbocycles. The molecule has 2 fully saturated rings. The van der Waals surface area contributed by atoms with Crippen LogP contribution in [0.5, 0.6) is 0 Å². The van der Waals surface area contributed by atoms with E-state index in [2.05, 4.69) is 49.7 Å². The van der Waals surface area contributed by atoms with E-state index in [-0.39, 0.29) is 0 Å². The molecule has 0 aromatic heterocycles. The smallest absolute Gasteiger partial charge is 0.0149 e. The number of hydrogen-bond donors (Lipinski definition) is 1. The molecule has 2 nitrogen and oxygen atoms in total. The maximum Gasteiger partial charge on any atom is 0.0149 e. The van der Waals surface area contributed by atoms with Crippen molar-refractivity contribution in [2.24, 2.45) is 11.3 Å². The number of nitrogens with one attached hydrogen (secondary N) is 1. The van der Waals surface area contributed by atoms with Crippen LogP contribution in [-0.4, -0.2) is 48.1 Å². The quantitative estimate of drug-likeness (QED) is 0.834. The van der Waals surface area contributed by atoms with Gasteiger partial charge < -0.3 is 10.2 Å². The third-order valence-corrected chi connectivity index (χ3v) is 6.37. The zero-order chi connectivity index (χ0) is 14.6. The fourth-order valence-corrected chi connectivity index (χ4v) is 5.43. The van der Waals surface area contributed by atoms with Gasteiger partial charge in [0.2, 0.25) is 0 Å². The first-order chi connectivity index (χ1) is 9.53. The number of rotatable bonds is 5. The third-order valence-electron chi connectivity index (χ3n) is 5.14. The molecule has 1 saturated carbocycles. The average Bonchev–Trinajstić information content (AvgIpc) is 2.39. The van der Waals surface area contributed by atoms with Gasteiger partial charge in [-0.1, -0.05) is 40.5 Å². The Morgan fingerprint density at radius 1 is 1.10 bits per heavy atom. The predicted molar refractivity (Wildman–Crippen MR) is 91.6 cm³/mol. The van der Waals surface area contributed by atoms with E-state index in [9.17, 15) is 0 Å². The molecule has 1 aliphatic heterocycles. The monoisotopic (exact) mass is 298 g/mol. The standard InChI is InChI=1S/C17H34N2S/c1-5-18-12-17(8-6-14(2)7-9-17)13-19-10-15(3)20-16(4)11-19/h14-16,18H,5-13H2,1-4H3. The first-order valence-electron chi connectivity index (χ1n) is 8.61. The number of thioether (sulfide) groups is 1. The van der Waals surface area contributed by atoms with Gasteiger partial charge in [-0.2, -0.15) is 11.8 Å². The summed E-state index contributed by atoms with van der Waals surface area (Å²) in [4.78, 5) is 2.76. The maximum absolute atomic E-state index is 3.65. The van der Waals surface area contributed by atoms with Crippen LogP contribution in [0, 0.1) is 11.3 Å². The summed E-state index contributed by atoms with van der Waals surface area (Å²) in [5, 5.41) is 5.26. The summed E-state index contributed by atoms with van der Waals surface area (Å²) in [5.74, 6) is 0.944. The molecule has 0 amide bonds. The molecule has 1 N–H and O–H groups in total. The number of hydrogen-bond acceptors (Lipinski definition) is 3. The second kappa shape index (κ2) is 7.51. The van der Waals surface area contributed by atoms with E-state index in [0.29, 0.717) is 5.41 Å². The normalized spacial score (nSPS) is 39.9. The lowest BCUT2D eigenvalue weighted by atomic mass is 9.70. The SMILES string of the molecule is CCNCC1(CN2CC(C)SC(C)C2)CCC(C)CC1. The highest BCUT2D eigenvalue weighted by atomic mass is 32.2. The van der Waals surface area contributed by atoms with Crippen LogP contribution in [0.4, 0.5) is 0 Å². The van der Waals surface area contributed by atoms with Crippen LogP contribution in [0.1, 0.15) is 53.4 Å². The molecule has 1 heterocycles. The molecular formula is C17H34N2S. The lowest BCUT2D eigenvalue weighted by molar-refractivity contribution is 0.0859. The van der Waals surface area contributed by atoms with Crippen LogP contribution >= 0.6 is 11.8 Å². The molecule has 2 aliphatic rings. The van der Waals surface area contributed by atoms with E-state index in [1.54, 1.807) is 0 Å². The lowest BCUT2D eigenvalue weighted by Crippen LogP contribution is -2.50. The fourth-order valence-electron chi connectivity index (χ4n) is 4.04. The summed E-state index contributed by atoms with van der Waals surface area (Å²) in [5.41, 5.74) is 0.546. The minimum atomic E-state index is 0.546. The van der Waals surface area contributed by atoms with Gasteiger partial charge in [0, 0.05) is 36.7 Å². The Morgan fingerprint density at radius 3 is 2.25 bits per heavy atom. The Balaban J connectivity index is 1.96. The Morgan fingerprint density at radius 2 is 1.70 bits per heavy atom. The zero-order valence-corrected chi connectivity index (χ0v) is 14.8. The van der Waals surface area contributed by atoms with Gasteiger partial charge in [0.25, 0.3) is 0 Å². The zero-order valence-electron chi connectivity index (χ0n) is 14.0. The van der Waals surface area contributed by atoms with E-state index in [4.69, 9.17) is 0 Å². The molecule has 0 aromatic rings. The van der Waals surface area contributed by atoms with E-state index in [1.807, 2.05) is 0 Å². The van der Waals surface area contributed by atoms with Crippen LogP contribution < -0.4 is 5.32 Å². The lowest BCUT2D eigenvalue weighted by Gasteiger charge is -2.45. The molecule has 1 saturated heterocycles. The summed E-state index contributed by atoms with van der Waals surface area (Å²) in [6.45, 7) is 15.7. The molecular weight excluding hydrogens is 264 g/mol. The molecule has 0 radical (unpaired) electrons. The number of nitrogens with zero attached hydrogens (tertiary/aromatic N) is 1. The molecule has 2 atom stereocenters. The van der Waals surface area contributed by atoms with Gasteiger partial charge in [-0.15, -0.1) is 0 Å². The summed E-state index contributed by atoms with van der Waals surface area (Å²) < 4.78 is 0.